The van der Waals surface area contributed by atoms with E-state index in [2.05, 4.69) is 6.58 Å². The van der Waals surface area contributed by atoms with Gasteiger partial charge in [0, 0.05) is 13.1 Å². The van der Waals surface area contributed by atoms with Crippen molar-refractivity contribution in [3.8, 4) is 0 Å². The first kappa shape index (κ1) is 14.7. The zero-order chi connectivity index (χ0) is 13.8. The molecule has 1 unspecified atom stereocenters. The van der Waals surface area contributed by atoms with Crippen LogP contribution in [0.2, 0.25) is 0 Å². The smallest absolute Gasteiger partial charge is 0.309 e. The van der Waals surface area contributed by atoms with Crippen LogP contribution in [0.4, 0.5) is 0 Å². The van der Waals surface area contributed by atoms with Gasteiger partial charge in [-0.3, -0.25) is 9.59 Å². The molecule has 1 heterocycles. The summed E-state index contributed by atoms with van der Waals surface area (Å²) in [6.07, 6.45) is 3.69. The summed E-state index contributed by atoms with van der Waals surface area (Å²) in [5.41, 5.74) is 5.07. The van der Waals surface area contributed by atoms with E-state index in [0.29, 0.717) is 38.8 Å². The third-order valence-corrected chi connectivity index (χ3v) is 3.90. The van der Waals surface area contributed by atoms with E-state index in [0.717, 1.165) is 0 Å². The summed E-state index contributed by atoms with van der Waals surface area (Å²) >= 11 is 0. The molecule has 0 spiro atoms. The van der Waals surface area contributed by atoms with E-state index in [-0.39, 0.29) is 5.91 Å². The number of rotatable bonds is 5. The molecule has 1 fully saturated rings. The second-order valence-electron chi connectivity index (χ2n) is 4.90. The van der Waals surface area contributed by atoms with Gasteiger partial charge < -0.3 is 15.7 Å². The number of nitrogens with zero attached hydrogens (tertiary/aromatic N) is 1. The second-order valence-corrected chi connectivity index (χ2v) is 4.90. The minimum Gasteiger partial charge on any atom is -0.481 e. The first-order chi connectivity index (χ1) is 8.46. The van der Waals surface area contributed by atoms with Crippen LogP contribution in [0.3, 0.4) is 0 Å². The molecule has 1 atom stereocenters. The van der Waals surface area contributed by atoms with Gasteiger partial charge in [-0.1, -0.05) is 13.0 Å². The predicted molar refractivity (Wildman–Crippen MR) is 69.0 cm³/mol. The van der Waals surface area contributed by atoms with Crippen LogP contribution in [0.5, 0.6) is 0 Å². The molecule has 18 heavy (non-hydrogen) atoms. The summed E-state index contributed by atoms with van der Waals surface area (Å²) in [7, 11) is 0. The molecule has 0 radical (unpaired) electrons. The van der Waals surface area contributed by atoms with Gasteiger partial charge in [0.2, 0.25) is 5.91 Å². The van der Waals surface area contributed by atoms with Crippen molar-refractivity contribution in [2.75, 3.05) is 13.1 Å². The number of piperidine rings is 1. The number of nitrogens with two attached hydrogens (primary N) is 1. The van der Waals surface area contributed by atoms with Crippen LogP contribution in [0.15, 0.2) is 12.7 Å². The Morgan fingerprint density at radius 2 is 2.06 bits per heavy atom. The molecule has 0 aromatic rings. The Morgan fingerprint density at radius 1 is 1.50 bits per heavy atom. The van der Waals surface area contributed by atoms with E-state index >= 15 is 0 Å². The lowest BCUT2D eigenvalue weighted by molar-refractivity contribution is -0.154. The first-order valence-corrected chi connectivity index (χ1v) is 6.35. The van der Waals surface area contributed by atoms with Crippen LogP contribution in [-0.4, -0.2) is 41.0 Å². The number of carboxylic acids is 1. The van der Waals surface area contributed by atoms with Gasteiger partial charge in [-0.2, -0.15) is 0 Å². The Bertz CT molecular complexity index is 333. The molecule has 1 aliphatic heterocycles. The minimum absolute atomic E-state index is 0.106. The third-order valence-electron chi connectivity index (χ3n) is 3.90. The molecular weight excluding hydrogens is 232 g/mol. The Labute approximate surface area is 108 Å². The topological polar surface area (TPSA) is 83.6 Å². The number of carbonyl (C=O) groups is 2. The van der Waals surface area contributed by atoms with Crippen LogP contribution in [0, 0.1) is 5.41 Å². The summed E-state index contributed by atoms with van der Waals surface area (Å²) in [5.74, 6) is -0.863. The van der Waals surface area contributed by atoms with Gasteiger partial charge >= 0.3 is 5.97 Å². The van der Waals surface area contributed by atoms with Crippen molar-refractivity contribution in [1.82, 2.24) is 4.90 Å². The van der Waals surface area contributed by atoms with Crippen molar-refractivity contribution in [1.29, 1.82) is 0 Å². The van der Waals surface area contributed by atoms with Gasteiger partial charge in [0.05, 0.1) is 11.5 Å². The fraction of sp³-hybridized carbons (Fsp3) is 0.692. The predicted octanol–water partition coefficient (Wildman–Crippen LogP) is 0.993. The summed E-state index contributed by atoms with van der Waals surface area (Å²) in [6.45, 7) is 6.40. The molecule has 0 aromatic carbocycles. The minimum atomic E-state index is -0.757. The van der Waals surface area contributed by atoms with Crippen molar-refractivity contribution in [3.63, 3.8) is 0 Å². The van der Waals surface area contributed by atoms with Crippen molar-refractivity contribution in [2.24, 2.45) is 11.1 Å². The molecule has 5 heteroatoms. The van der Waals surface area contributed by atoms with Crippen molar-refractivity contribution in [2.45, 2.75) is 38.6 Å². The zero-order valence-corrected chi connectivity index (χ0v) is 10.9. The quantitative estimate of drug-likeness (QED) is 0.717. The molecule has 1 saturated heterocycles. The van der Waals surface area contributed by atoms with E-state index in [1.54, 1.807) is 11.0 Å². The maximum absolute atomic E-state index is 12.0. The Morgan fingerprint density at radius 3 is 2.44 bits per heavy atom. The standard InChI is InChI=1S/C13H22N2O3/c1-3-5-10(14)11(16)15-8-6-13(4-2,7-9-15)12(17)18/h3,10H,1,4-9,14H2,2H3,(H,17,18). The highest BCUT2D eigenvalue weighted by Gasteiger charge is 2.41. The molecule has 102 valence electrons. The van der Waals surface area contributed by atoms with Crippen LogP contribution >= 0.6 is 0 Å². The molecule has 3 N–H and O–H groups in total. The van der Waals surface area contributed by atoms with Crippen LogP contribution < -0.4 is 5.73 Å². The number of carbonyl (C=O) groups excluding carboxylic acids is 1. The average Bonchev–Trinajstić information content (AvgIpc) is 2.38. The van der Waals surface area contributed by atoms with Crippen molar-refractivity contribution in [3.05, 3.63) is 12.7 Å². The normalized spacial score (nSPS) is 20.2. The molecule has 0 aromatic heterocycles. The molecule has 1 aliphatic rings. The molecular formula is C13H22N2O3. The van der Waals surface area contributed by atoms with E-state index in [1.807, 2.05) is 6.92 Å². The Hall–Kier alpha value is -1.36. The van der Waals surface area contributed by atoms with Gasteiger partial charge in [-0.25, -0.2) is 0 Å². The lowest BCUT2D eigenvalue weighted by atomic mass is 9.76. The van der Waals surface area contributed by atoms with Gasteiger partial charge in [0.1, 0.15) is 0 Å². The summed E-state index contributed by atoms with van der Waals surface area (Å²) in [6, 6.07) is -0.554. The van der Waals surface area contributed by atoms with Gasteiger partial charge in [0.25, 0.3) is 0 Å². The highest BCUT2D eigenvalue weighted by atomic mass is 16.4. The van der Waals surface area contributed by atoms with E-state index < -0.39 is 17.4 Å². The van der Waals surface area contributed by atoms with Gasteiger partial charge in [0.15, 0.2) is 0 Å². The number of hydrogen-bond donors (Lipinski definition) is 2. The number of likely N-dealkylation sites (tertiary alicyclic amines) is 1. The summed E-state index contributed by atoms with van der Waals surface area (Å²) < 4.78 is 0. The maximum Gasteiger partial charge on any atom is 0.309 e. The van der Waals surface area contributed by atoms with E-state index in [1.165, 1.54) is 0 Å². The lowest BCUT2D eigenvalue weighted by Crippen LogP contribution is -2.50. The second kappa shape index (κ2) is 6.00. The highest BCUT2D eigenvalue weighted by molar-refractivity contribution is 5.82. The number of aliphatic carboxylic acids is 1. The molecule has 1 amide bonds. The lowest BCUT2D eigenvalue weighted by Gasteiger charge is -2.39. The van der Waals surface area contributed by atoms with Crippen molar-refractivity contribution < 1.29 is 14.7 Å². The first-order valence-electron chi connectivity index (χ1n) is 6.35. The van der Waals surface area contributed by atoms with Crippen LogP contribution in [0.25, 0.3) is 0 Å². The monoisotopic (exact) mass is 254 g/mol. The maximum atomic E-state index is 12.0. The van der Waals surface area contributed by atoms with Crippen LogP contribution in [-0.2, 0) is 9.59 Å². The molecule has 0 aliphatic carbocycles. The van der Waals surface area contributed by atoms with E-state index in [9.17, 15) is 14.7 Å². The third kappa shape index (κ3) is 2.90. The Balaban J connectivity index is 2.60. The van der Waals surface area contributed by atoms with Gasteiger partial charge in [-0.05, 0) is 25.7 Å². The fourth-order valence-corrected chi connectivity index (χ4v) is 2.39. The molecule has 1 rings (SSSR count). The summed E-state index contributed by atoms with van der Waals surface area (Å²) in [4.78, 5) is 24.9. The highest BCUT2D eigenvalue weighted by Crippen LogP contribution is 2.35. The summed E-state index contributed by atoms with van der Waals surface area (Å²) in [5, 5.41) is 9.27. The Kier molecular flexibility index (Phi) is 4.90. The molecule has 5 nitrogen and oxygen atoms in total. The number of amides is 1. The zero-order valence-electron chi connectivity index (χ0n) is 10.9. The number of carboxylic acid groups (broad SMARTS) is 1. The fourth-order valence-electron chi connectivity index (χ4n) is 2.39. The number of hydrogen-bond acceptors (Lipinski definition) is 3. The van der Waals surface area contributed by atoms with E-state index in [4.69, 9.17) is 5.73 Å². The van der Waals surface area contributed by atoms with Gasteiger partial charge in [-0.15, -0.1) is 6.58 Å². The molecule has 0 bridgehead atoms. The average molecular weight is 254 g/mol. The van der Waals surface area contributed by atoms with Crippen LogP contribution in [0.1, 0.15) is 32.6 Å². The SMILES string of the molecule is C=CCC(N)C(=O)N1CCC(CC)(C(=O)O)CC1. The van der Waals surface area contributed by atoms with Crippen molar-refractivity contribution >= 4 is 11.9 Å². The largest absolute Gasteiger partial charge is 0.481 e. The molecule has 0 saturated carbocycles.